The van der Waals surface area contributed by atoms with Crippen molar-refractivity contribution in [1.29, 1.82) is 0 Å². The van der Waals surface area contributed by atoms with Crippen molar-refractivity contribution < 1.29 is 14.3 Å². The molecule has 33 heavy (non-hydrogen) atoms. The predicted molar refractivity (Wildman–Crippen MR) is 135 cm³/mol. The van der Waals surface area contributed by atoms with E-state index in [1.165, 1.54) is 5.69 Å². The summed E-state index contributed by atoms with van der Waals surface area (Å²) in [5.41, 5.74) is 4.26. The number of rotatable bonds is 8. The van der Waals surface area contributed by atoms with E-state index in [1.54, 1.807) is 0 Å². The number of aromatic nitrogens is 1. The topological polar surface area (TPSA) is 40.5 Å². The van der Waals surface area contributed by atoms with Crippen LogP contribution in [0.2, 0.25) is 0 Å². The Labute approximate surface area is 196 Å². The lowest BCUT2D eigenvalue weighted by Crippen LogP contribution is -2.34. The molecular weight excluding hydrogens is 412 g/mol. The lowest BCUT2D eigenvalue weighted by atomic mass is 10.1. The van der Waals surface area contributed by atoms with E-state index in [2.05, 4.69) is 33.3 Å². The molecule has 0 atom stereocenters. The fourth-order valence-corrected chi connectivity index (χ4v) is 3.54. The third kappa shape index (κ3) is 6.24. The predicted octanol–water partition coefficient (Wildman–Crippen LogP) is 5.80. The number of carbonyl (C=O) groups excluding carboxylic acids is 1. The molecular formula is C28H33N2O3+. The van der Waals surface area contributed by atoms with Crippen molar-refractivity contribution in [1.82, 2.24) is 9.05 Å². The van der Waals surface area contributed by atoms with Gasteiger partial charge in [0.25, 0.3) is 0 Å². The van der Waals surface area contributed by atoms with E-state index >= 15 is 0 Å². The van der Waals surface area contributed by atoms with E-state index in [0.717, 1.165) is 32.3 Å². The molecule has 0 saturated carbocycles. The molecule has 4 aromatic rings. The van der Waals surface area contributed by atoms with Crippen molar-refractivity contribution in [3.05, 3.63) is 96.2 Å². The van der Waals surface area contributed by atoms with Crippen LogP contribution in [0, 0.1) is 0 Å². The average molecular weight is 446 g/mol. The molecule has 0 saturated heterocycles. The third-order valence-electron chi connectivity index (χ3n) is 5.41. The standard InChI is InChI=1S/C27H29N2O3.CH4/c1-29(2,3)24-11-9-21(10-12-24)17-27(30)32-20-28-16-15-23-18-25(13-14-26(23)28)31-19-22-7-5-4-6-8-22;/h4-16,18H,17,19-20H2,1-3H3;1H4/q+1;. The molecule has 0 aliphatic carbocycles. The molecule has 1 heterocycles. The van der Waals surface area contributed by atoms with Crippen LogP contribution in [0.15, 0.2) is 85.1 Å². The van der Waals surface area contributed by atoms with Gasteiger partial charge in [0.05, 0.1) is 33.1 Å². The molecule has 0 amide bonds. The Morgan fingerprint density at radius 2 is 1.61 bits per heavy atom. The number of quaternary nitrogens is 1. The van der Waals surface area contributed by atoms with E-state index < -0.39 is 0 Å². The van der Waals surface area contributed by atoms with Crippen LogP contribution in [0.1, 0.15) is 18.6 Å². The minimum atomic E-state index is -0.243. The number of hydrogen-bond donors (Lipinski definition) is 0. The molecule has 0 N–H and O–H groups in total. The summed E-state index contributed by atoms with van der Waals surface area (Å²) in [7, 11) is 6.34. The normalized spacial score (nSPS) is 11.1. The first-order valence-corrected chi connectivity index (χ1v) is 10.7. The Bertz CT molecular complexity index is 1190. The first-order valence-electron chi connectivity index (χ1n) is 10.7. The molecule has 0 fully saturated rings. The Morgan fingerprint density at radius 3 is 2.30 bits per heavy atom. The molecule has 3 aromatic carbocycles. The Hall–Kier alpha value is -3.57. The minimum Gasteiger partial charge on any atom is -0.489 e. The van der Waals surface area contributed by atoms with Crippen LogP contribution in [-0.2, 0) is 29.3 Å². The Balaban J connectivity index is 0.00000306. The SMILES string of the molecule is C.C[N+](C)(C)c1ccc(CC(=O)OCn2ccc3cc(OCc4ccccc4)ccc32)cc1. The lowest BCUT2D eigenvalue weighted by Gasteiger charge is -2.23. The third-order valence-corrected chi connectivity index (χ3v) is 5.41. The number of benzene rings is 3. The molecule has 0 bridgehead atoms. The van der Waals surface area contributed by atoms with Crippen molar-refractivity contribution in [2.24, 2.45) is 0 Å². The molecule has 0 aliphatic rings. The van der Waals surface area contributed by atoms with E-state index in [4.69, 9.17) is 9.47 Å². The van der Waals surface area contributed by atoms with Gasteiger partial charge >= 0.3 is 5.97 Å². The number of ether oxygens (including phenoxy) is 2. The zero-order chi connectivity index (χ0) is 22.6. The highest BCUT2D eigenvalue weighted by atomic mass is 16.5. The highest BCUT2D eigenvalue weighted by molar-refractivity contribution is 5.81. The molecule has 5 nitrogen and oxygen atoms in total. The summed E-state index contributed by atoms with van der Waals surface area (Å²) in [5.74, 6) is 0.570. The maximum Gasteiger partial charge on any atom is 0.311 e. The Morgan fingerprint density at radius 1 is 0.879 bits per heavy atom. The zero-order valence-corrected chi connectivity index (χ0v) is 18.8. The molecule has 5 heteroatoms. The van der Waals surface area contributed by atoms with Crippen LogP contribution < -0.4 is 9.22 Å². The van der Waals surface area contributed by atoms with Crippen LogP contribution in [0.5, 0.6) is 5.75 Å². The number of fused-ring (bicyclic) bond motifs is 1. The monoisotopic (exact) mass is 445 g/mol. The summed E-state index contributed by atoms with van der Waals surface area (Å²) in [6, 6.07) is 26.1. The van der Waals surface area contributed by atoms with Crippen molar-refractivity contribution in [2.45, 2.75) is 27.2 Å². The van der Waals surface area contributed by atoms with Gasteiger partial charge in [-0.1, -0.05) is 49.9 Å². The number of esters is 1. The van der Waals surface area contributed by atoms with Gasteiger partial charge in [0.1, 0.15) is 18.0 Å². The van der Waals surface area contributed by atoms with Crippen LogP contribution in [0.4, 0.5) is 5.69 Å². The van der Waals surface area contributed by atoms with Crippen molar-refractivity contribution in [3.8, 4) is 5.75 Å². The van der Waals surface area contributed by atoms with Crippen LogP contribution in [0.25, 0.3) is 10.9 Å². The lowest BCUT2D eigenvalue weighted by molar-refractivity contribution is -0.146. The number of carbonyl (C=O) groups is 1. The van der Waals surface area contributed by atoms with Crippen LogP contribution >= 0.6 is 0 Å². The maximum absolute atomic E-state index is 12.3. The van der Waals surface area contributed by atoms with Gasteiger partial charge < -0.3 is 14.0 Å². The second kappa shape index (κ2) is 10.4. The highest BCUT2D eigenvalue weighted by Gasteiger charge is 2.13. The fourth-order valence-electron chi connectivity index (χ4n) is 3.54. The number of hydrogen-bond acceptors (Lipinski definition) is 3. The first kappa shape index (κ1) is 24.1. The average Bonchev–Trinajstić information content (AvgIpc) is 3.19. The fraction of sp³-hybridized carbons (Fsp3) is 0.250. The van der Waals surface area contributed by atoms with Crippen molar-refractivity contribution in [3.63, 3.8) is 0 Å². The van der Waals surface area contributed by atoms with Crippen molar-refractivity contribution in [2.75, 3.05) is 21.1 Å². The molecule has 0 spiro atoms. The summed E-state index contributed by atoms with van der Waals surface area (Å²) in [6.07, 6.45) is 2.18. The van der Waals surface area contributed by atoms with E-state index in [-0.39, 0.29) is 26.5 Å². The number of nitrogens with zero attached hydrogens (tertiary/aromatic N) is 2. The largest absolute Gasteiger partial charge is 0.489 e. The van der Waals surface area contributed by atoms with Gasteiger partial charge in [-0.3, -0.25) is 9.28 Å². The van der Waals surface area contributed by atoms with Crippen LogP contribution in [0.3, 0.4) is 0 Å². The van der Waals surface area contributed by atoms with Gasteiger partial charge in [-0.05, 0) is 47.5 Å². The van der Waals surface area contributed by atoms with Gasteiger partial charge in [0, 0.05) is 11.6 Å². The zero-order valence-electron chi connectivity index (χ0n) is 18.8. The van der Waals surface area contributed by atoms with Gasteiger partial charge in [-0.25, -0.2) is 0 Å². The first-order chi connectivity index (χ1) is 15.4. The summed E-state index contributed by atoms with van der Waals surface area (Å²) in [6.45, 7) is 0.712. The van der Waals surface area contributed by atoms with Gasteiger partial charge in [-0.2, -0.15) is 0 Å². The van der Waals surface area contributed by atoms with E-state index in [9.17, 15) is 4.79 Å². The van der Waals surface area contributed by atoms with Crippen LogP contribution in [-0.4, -0.2) is 31.7 Å². The minimum absolute atomic E-state index is 0. The summed E-state index contributed by atoms with van der Waals surface area (Å²) in [5, 5.41) is 1.04. The molecule has 0 unspecified atom stereocenters. The van der Waals surface area contributed by atoms with Crippen molar-refractivity contribution >= 4 is 22.6 Å². The van der Waals surface area contributed by atoms with Gasteiger partial charge in [0.2, 0.25) is 0 Å². The summed E-state index contributed by atoms with van der Waals surface area (Å²) in [4.78, 5) is 12.3. The molecule has 0 aliphatic heterocycles. The Kier molecular flexibility index (Phi) is 7.56. The quantitative estimate of drug-likeness (QED) is 0.254. The van der Waals surface area contributed by atoms with Gasteiger partial charge in [-0.15, -0.1) is 0 Å². The molecule has 1 aromatic heterocycles. The van der Waals surface area contributed by atoms with E-state index in [0.29, 0.717) is 6.61 Å². The second-order valence-corrected chi connectivity index (χ2v) is 8.78. The molecule has 0 radical (unpaired) electrons. The second-order valence-electron chi connectivity index (χ2n) is 8.78. The molecule has 4 rings (SSSR count). The summed E-state index contributed by atoms with van der Waals surface area (Å²) >= 11 is 0. The summed E-state index contributed by atoms with van der Waals surface area (Å²) < 4.78 is 14.1. The molecule has 172 valence electrons. The smallest absolute Gasteiger partial charge is 0.311 e. The highest BCUT2D eigenvalue weighted by Crippen LogP contribution is 2.23. The van der Waals surface area contributed by atoms with E-state index in [1.807, 2.05) is 77.5 Å². The van der Waals surface area contributed by atoms with Gasteiger partial charge in [0.15, 0.2) is 6.73 Å². The maximum atomic E-state index is 12.3.